The molecule has 17 heavy (non-hydrogen) atoms. The molecule has 1 heterocycles. The van der Waals surface area contributed by atoms with Gasteiger partial charge in [-0.1, -0.05) is 30.3 Å². The van der Waals surface area contributed by atoms with Crippen LogP contribution < -0.4 is 0 Å². The average molecular weight is 232 g/mol. The van der Waals surface area contributed by atoms with E-state index in [1.165, 1.54) is 0 Å². The van der Waals surface area contributed by atoms with Crippen molar-refractivity contribution in [3.05, 3.63) is 40.9 Å². The maximum atomic E-state index is 10.9. The summed E-state index contributed by atoms with van der Waals surface area (Å²) in [5, 5.41) is 12.5. The third-order valence-electron chi connectivity index (χ3n) is 2.95. The first-order chi connectivity index (χ1) is 8.15. The molecule has 2 aromatic rings. The number of nitrogens with zero attached hydrogens (tertiary/aromatic N) is 1. The van der Waals surface area contributed by atoms with Crippen LogP contribution in [0.4, 0.5) is 0 Å². The Kier molecular flexibility index (Phi) is 2.91. The molecule has 1 aromatic carbocycles. The van der Waals surface area contributed by atoms with Gasteiger partial charge in [0.15, 0.2) is 6.04 Å². The first kappa shape index (κ1) is 11.3. The number of carbonyl (C=O) groups is 1. The molecule has 0 saturated heterocycles. The van der Waals surface area contributed by atoms with Crippen LogP contribution in [-0.2, 0) is 4.79 Å². The second kappa shape index (κ2) is 4.37. The molecule has 5 heteroatoms. The summed E-state index contributed by atoms with van der Waals surface area (Å²) >= 11 is 0. The average Bonchev–Trinajstić information content (AvgIpc) is 2.72. The number of para-hydroxylation sites is 1. The number of fused-ring (bicyclic) bond motifs is 1. The number of rotatable bonds is 4. The highest BCUT2D eigenvalue weighted by molar-refractivity contribution is 5.85. The zero-order chi connectivity index (χ0) is 12.4. The summed E-state index contributed by atoms with van der Waals surface area (Å²) in [6.45, 7) is 1.69. The Balaban J connectivity index is 2.46. The minimum absolute atomic E-state index is 0.457. The first-order valence-electron chi connectivity index (χ1n) is 5.26. The number of H-pyrrole nitrogens is 1. The quantitative estimate of drug-likeness (QED) is 0.794. The van der Waals surface area contributed by atoms with E-state index in [9.17, 15) is 9.70 Å². The molecule has 2 unspecified atom stereocenters. The molecule has 0 fully saturated rings. The number of nitrogens with one attached hydrogen (secondary N) is 1. The van der Waals surface area contributed by atoms with E-state index in [1.54, 1.807) is 13.1 Å². The standard InChI is InChI=1S/C12H12N2O3/c1-7(11(14-17)12(15)16)9-6-13-10-5-3-2-4-8(9)10/h2-7,11,13H,1H3,(H,15,16). The van der Waals surface area contributed by atoms with Crippen LogP contribution in [0.25, 0.3) is 10.9 Å². The van der Waals surface area contributed by atoms with E-state index in [0.29, 0.717) is 0 Å². The topological polar surface area (TPSA) is 82.5 Å². The number of carboxylic acid groups (broad SMARTS) is 1. The van der Waals surface area contributed by atoms with Gasteiger partial charge in [-0.15, -0.1) is 4.91 Å². The Morgan fingerprint density at radius 2 is 2.12 bits per heavy atom. The zero-order valence-corrected chi connectivity index (χ0v) is 9.25. The molecule has 0 saturated carbocycles. The predicted molar refractivity (Wildman–Crippen MR) is 63.9 cm³/mol. The van der Waals surface area contributed by atoms with Crippen molar-refractivity contribution in [2.75, 3.05) is 0 Å². The third kappa shape index (κ3) is 1.91. The van der Waals surface area contributed by atoms with E-state index in [4.69, 9.17) is 5.11 Å². The largest absolute Gasteiger partial charge is 0.480 e. The molecule has 1 aromatic heterocycles. The lowest BCUT2D eigenvalue weighted by atomic mass is 9.93. The second-order valence-electron chi connectivity index (χ2n) is 3.97. The highest BCUT2D eigenvalue weighted by Gasteiger charge is 2.28. The number of benzene rings is 1. The normalized spacial score (nSPS) is 14.4. The highest BCUT2D eigenvalue weighted by Crippen LogP contribution is 2.28. The Hall–Kier alpha value is -2.17. The Morgan fingerprint density at radius 1 is 1.41 bits per heavy atom. The third-order valence-corrected chi connectivity index (χ3v) is 2.95. The van der Waals surface area contributed by atoms with Gasteiger partial charge in [0.25, 0.3) is 0 Å². The fraction of sp³-hybridized carbons (Fsp3) is 0.250. The number of nitroso groups, excluding NO2 is 1. The van der Waals surface area contributed by atoms with Gasteiger partial charge in [-0.3, -0.25) is 0 Å². The van der Waals surface area contributed by atoms with Crippen molar-refractivity contribution in [2.45, 2.75) is 18.9 Å². The van der Waals surface area contributed by atoms with E-state index in [-0.39, 0.29) is 0 Å². The second-order valence-corrected chi connectivity index (χ2v) is 3.97. The maximum Gasteiger partial charge on any atom is 0.332 e. The molecule has 0 aliphatic carbocycles. The monoisotopic (exact) mass is 232 g/mol. The number of hydrogen-bond donors (Lipinski definition) is 2. The minimum Gasteiger partial charge on any atom is -0.480 e. The highest BCUT2D eigenvalue weighted by atomic mass is 16.4. The van der Waals surface area contributed by atoms with Gasteiger partial charge in [0.2, 0.25) is 0 Å². The van der Waals surface area contributed by atoms with Gasteiger partial charge in [0, 0.05) is 23.0 Å². The maximum absolute atomic E-state index is 10.9. The van der Waals surface area contributed by atoms with Gasteiger partial charge in [-0.2, -0.15) is 0 Å². The lowest BCUT2D eigenvalue weighted by molar-refractivity contribution is -0.138. The molecule has 0 amide bonds. The van der Waals surface area contributed by atoms with Crippen LogP contribution in [-0.4, -0.2) is 22.1 Å². The van der Waals surface area contributed by atoms with Gasteiger partial charge in [0.1, 0.15) is 0 Å². The van der Waals surface area contributed by atoms with Crippen LogP contribution in [0.1, 0.15) is 18.4 Å². The molecule has 2 rings (SSSR count). The fourth-order valence-corrected chi connectivity index (χ4v) is 1.99. The van der Waals surface area contributed by atoms with Crippen LogP contribution in [0.2, 0.25) is 0 Å². The van der Waals surface area contributed by atoms with E-state index >= 15 is 0 Å². The molecule has 0 bridgehead atoms. The Bertz CT molecular complexity index is 562. The number of hydrogen-bond acceptors (Lipinski definition) is 3. The Morgan fingerprint density at radius 3 is 2.76 bits per heavy atom. The lowest BCUT2D eigenvalue weighted by Gasteiger charge is -2.12. The SMILES string of the molecule is CC(c1c[nH]c2ccccc12)C(N=O)C(=O)O. The summed E-state index contributed by atoms with van der Waals surface area (Å²) in [5.41, 5.74) is 1.72. The van der Waals surface area contributed by atoms with Crippen LogP contribution in [0, 0.1) is 4.91 Å². The van der Waals surface area contributed by atoms with Crippen molar-refractivity contribution in [3.8, 4) is 0 Å². The molecule has 0 radical (unpaired) electrons. The van der Waals surface area contributed by atoms with Crippen LogP contribution in [0.5, 0.6) is 0 Å². The molecular weight excluding hydrogens is 220 g/mol. The van der Waals surface area contributed by atoms with Crippen molar-refractivity contribution in [3.63, 3.8) is 0 Å². The van der Waals surface area contributed by atoms with E-state index in [2.05, 4.69) is 10.2 Å². The molecule has 0 aliphatic heterocycles. The fourth-order valence-electron chi connectivity index (χ4n) is 1.99. The van der Waals surface area contributed by atoms with Crippen LogP contribution >= 0.6 is 0 Å². The summed E-state index contributed by atoms with van der Waals surface area (Å²) in [6, 6.07) is 6.29. The zero-order valence-electron chi connectivity index (χ0n) is 9.25. The minimum atomic E-state index is -1.26. The molecular formula is C12H12N2O3. The molecule has 5 nitrogen and oxygen atoms in total. The summed E-state index contributed by atoms with van der Waals surface area (Å²) in [4.78, 5) is 24.5. The van der Waals surface area contributed by atoms with Gasteiger partial charge >= 0.3 is 5.97 Å². The van der Waals surface area contributed by atoms with Crippen molar-refractivity contribution in [1.82, 2.24) is 4.98 Å². The molecule has 0 spiro atoms. The Labute approximate surface area is 97.4 Å². The smallest absolute Gasteiger partial charge is 0.332 e. The van der Waals surface area contributed by atoms with Gasteiger partial charge < -0.3 is 10.1 Å². The molecule has 2 N–H and O–H groups in total. The summed E-state index contributed by atoms with van der Waals surface area (Å²) < 4.78 is 0. The van der Waals surface area contributed by atoms with Crippen LogP contribution in [0.15, 0.2) is 35.6 Å². The van der Waals surface area contributed by atoms with Crippen molar-refractivity contribution in [1.29, 1.82) is 0 Å². The van der Waals surface area contributed by atoms with Gasteiger partial charge in [-0.05, 0) is 11.6 Å². The summed E-state index contributed by atoms with van der Waals surface area (Å²) in [6.07, 6.45) is 1.73. The lowest BCUT2D eigenvalue weighted by Crippen LogP contribution is -2.23. The first-order valence-corrected chi connectivity index (χ1v) is 5.26. The molecule has 0 aliphatic rings. The van der Waals surface area contributed by atoms with Gasteiger partial charge in [-0.25, -0.2) is 4.79 Å². The van der Waals surface area contributed by atoms with E-state index < -0.39 is 17.9 Å². The van der Waals surface area contributed by atoms with Crippen molar-refractivity contribution >= 4 is 16.9 Å². The van der Waals surface area contributed by atoms with Crippen molar-refractivity contribution < 1.29 is 9.90 Å². The van der Waals surface area contributed by atoms with E-state index in [1.807, 2.05) is 24.3 Å². The number of carboxylic acids is 1. The number of aliphatic carboxylic acids is 1. The van der Waals surface area contributed by atoms with Crippen LogP contribution in [0.3, 0.4) is 0 Å². The summed E-state index contributed by atoms with van der Waals surface area (Å²) in [7, 11) is 0. The van der Waals surface area contributed by atoms with Gasteiger partial charge in [0.05, 0.1) is 0 Å². The molecule has 2 atom stereocenters. The number of aromatic nitrogens is 1. The van der Waals surface area contributed by atoms with Crippen molar-refractivity contribution in [2.24, 2.45) is 5.18 Å². The summed E-state index contributed by atoms with van der Waals surface area (Å²) in [5.74, 6) is -1.65. The molecule has 88 valence electrons. The number of aromatic amines is 1. The predicted octanol–water partition coefficient (Wildman–Crippen LogP) is 2.49. The van der Waals surface area contributed by atoms with E-state index in [0.717, 1.165) is 16.5 Å².